The number of benzene rings is 1. The van der Waals surface area contributed by atoms with Gasteiger partial charge in [-0.2, -0.15) is 0 Å². The number of hydrogen-bond donors (Lipinski definition) is 1. The Morgan fingerprint density at radius 1 is 1.03 bits per heavy atom. The molecule has 0 aliphatic heterocycles. The Kier molecular flexibility index (Phi) is 11.9. The van der Waals surface area contributed by atoms with E-state index in [-0.39, 0.29) is 17.7 Å². The lowest BCUT2D eigenvalue weighted by Gasteiger charge is -2.27. The van der Waals surface area contributed by atoms with Crippen LogP contribution in [-0.4, -0.2) is 50.6 Å². The van der Waals surface area contributed by atoms with Gasteiger partial charge in [-0.15, -0.1) is 0 Å². The fraction of sp³-hybridized carbons (Fsp3) is 0.667. The summed E-state index contributed by atoms with van der Waals surface area (Å²) in [7, 11) is 5.00. The minimum absolute atomic E-state index is 0.0325. The predicted molar refractivity (Wildman–Crippen MR) is 121 cm³/mol. The number of nitrogens with zero attached hydrogens (tertiary/aromatic N) is 1. The van der Waals surface area contributed by atoms with E-state index in [2.05, 4.69) is 12.2 Å². The minimum atomic E-state index is -0.497. The maximum absolute atomic E-state index is 12.9. The van der Waals surface area contributed by atoms with E-state index in [1.807, 2.05) is 32.0 Å². The SMILES string of the molecule is CCCCCCCC(=O)NC(C(=O)N(C)CCc1ccc(OC)c(OC)c1)C(C)C. The standard InChI is InChI=1S/C24H40N2O4/c1-7-8-9-10-11-12-22(27)25-23(18(2)3)24(28)26(4)16-15-19-13-14-20(29-5)21(17-19)30-6/h13-14,17-18,23H,7-12,15-16H2,1-6H3,(H,25,27). The summed E-state index contributed by atoms with van der Waals surface area (Å²) >= 11 is 0. The second-order valence-corrected chi connectivity index (χ2v) is 8.15. The Morgan fingerprint density at radius 3 is 2.30 bits per heavy atom. The molecule has 1 aromatic carbocycles. The first-order chi connectivity index (χ1) is 14.3. The molecule has 6 nitrogen and oxygen atoms in total. The van der Waals surface area contributed by atoms with Crippen molar-refractivity contribution in [3.8, 4) is 11.5 Å². The molecule has 0 aliphatic carbocycles. The molecule has 30 heavy (non-hydrogen) atoms. The van der Waals surface area contributed by atoms with Gasteiger partial charge in [-0.05, 0) is 36.5 Å². The third-order valence-electron chi connectivity index (χ3n) is 5.32. The molecule has 170 valence electrons. The highest BCUT2D eigenvalue weighted by Gasteiger charge is 2.26. The Hall–Kier alpha value is -2.24. The van der Waals surface area contributed by atoms with Gasteiger partial charge in [0.1, 0.15) is 6.04 Å². The first-order valence-electron chi connectivity index (χ1n) is 11.1. The van der Waals surface area contributed by atoms with Crippen molar-refractivity contribution < 1.29 is 19.1 Å². The maximum Gasteiger partial charge on any atom is 0.245 e. The summed E-state index contributed by atoms with van der Waals surface area (Å²) in [5, 5.41) is 2.95. The molecular weight excluding hydrogens is 380 g/mol. The van der Waals surface area contributed by atoms with E-state index in [1.54, 1.807) is 26.2 Å². The number of rotatable bonds is 14. The molecule has 6 heteroatoms. The molecular formula is C24H40N2O4. The van der Waals surface area contributed by atoms with Gasteiger partial charge in [-0.25, -0.2) is 0 Å². The summed E-state index contributed by atoms with van der Waals surface area (Å²) in [6, 6.07) is 5.27. The third kappa shape index (κ3) is 8.64. The maximum atomic E-state index is 12.9. The van der Waals surface area contributed by atoms with E-state index < -0.39 is 6.04 Å². The number of methoxy groups -OCH3 is 2. The molecule has 2 amide bonds. The lowest BCUT2D eigenvalue weighted by molar-refractivity contribution is -0.136. The number of ether oxygens (including phenoxy) is 2. The van der Waals surface area contributed by atoms with Crippen LogP contribution in [0.2, 0.25) is 0 Å². The number of amides is 2. The van der Waals surface area contributed by atoms with Gasteiger partial charge in [0.25, 0.3) is 0 Å². The first kappa shape index (κ1) is 25.8. The van der Waals surface area contributed by atoms with Gasteiger partial charge in [0.05, 0.1) is 14.2 Å². The summed E-state index contributed by atoms with van der Waals surface area (Å²) < 4.78 is 10.6. The number of carbonyl (C=O) groups is 2. The quantitative estimate of drug-likeness (QED) is 0.458. The van der Waals surface area contributed by atoms with Crippen LogP contribution in [0, 0.1) is 5.92 Å². The molecule has 1 atom stereocenters. The molecule has 1 aromatic rings. The Balaban J connectivity index is 2.58. The van der Waals surface area contributed by atoms with Crippen LogP contribution in [0.4, 0.5) is 0 Å². The van der Waals surface area contributed by atoms with Crippen molar-refractivity contribution in [2.75, 3.05) is 27.8 Å². The lowest BCUT2D eigenvalue weighted by Crippen LogP contribution is -2.50. The molecule has 0 fully saturated rings. The summed E-state index contributed by atoms with van der Waals surface area (Å²) in [5.74, 6) is 1.31. The number of nitrogens with one attached hydrogen (secondary N) is 1. The molecule has 0 aliphatic rings. The average Bonchev–Trinajstić information content (AvgIpc) is 2.74. The molecule has 0 bridgehead atoms. The molecule has 0 spiro atoms. The van der Waals surface area contributed by atoms with E-state index in [0.29, 0.717) is 30.9 Å². The van der Waals surface area contributed by atoms with Crippen molar-refractivity contribution in [1.82, 2.24) is 10.2 Å². The second kappa shape index (κ2) is 13.9. The summed E-state index contributed by atoms with van der Waals surface area (Å²) in [6.07, 6.45) is 6.67. The molecule has 0 saturated carbocycles. The minimum Gasteiger partial charge on any atom is -0.493 e. The second-order valence-electron chi connectivity index (χ2n) is 8.15. The van der Waals surface area contributed by atoms with Gasteiger partial charge in [0.2, 0.25) is 11.8 Å². The number of hydrogen-bond acceptors (Lipinski definition) is 4. The van der Waals surface area contributed by atoms with Crippen molar-refractivity contribution in [1.29, 1.82) is 0 Å². The number of carbonyl (C=O) groups excluding carboxylic acids is 2. The van der Waals surface area contributed by atoms with Crippen molar-refractivity contribution >= 4 is 11.8 Å². The van der Waals surface area contributed by atoms with E-state index in [9.17, 15) is 9.59 Å². The molecule has 1 unspecified atom stereocenters. The fourth-order valence-corrected chi connectivity index (χ4v) is 3.33. The zero-order chi connectivity index (χ0) is 22.5. The van der Waals surface area contributed by atoms with Gasteiger partial charge in [-0.3, -0.25) is 9.59 Å². The zero-order valence-corrected chi connectivity index (χ0v) is 19.6. The van der Waals surface area contributed by atoms with Crippen molar-refractivity contribution in [3.63, 3.8) is 0 Å². The van der Waals surface area contributed by atoms with E-state index >= 15 is 0 Å². The Bertz CT molecular complexity index is 661. The first-order valence-corrected chi connectivity index (χ1v) is 11.1. The van der Waals surface area contributed by atoms with Crippen LogP contribution < -0.4 is 14.8 Å². The van der Waals surface area contributed by atoms with Gasteiger partial charge in [0.15, 0.2) is 11.5 Å². The van der Waals surface area contributed by atoms with E-state index in [4.69, 9.17) is 9.47 Å². The van der Waals surface area contributed by atoms with Gasteiger partial charge in [0, 0.05) is 20.0 Å². The Labute approximate surface area is 182 Å². The predicted octanol–water partition coefficient (Wildman–Crippen LogP) is 4.21. The van der Waals surface area contributed by atoms with E-state index in [1.165, 1.54) is 12.8 Å². The smallest absolute Gasteiger partial charge is 0.245 e. The molecule has 1 rings (SSSR count). The number of likely N-dealkylation sites (N-methyl/N-ethyl adjacent to an activating group) is 1. The highest BCUT2D eigenvalue weighted by Crippen LogP contribution is 2.27. The summed E-state index contributed by atoms with van der Waals surface area (Å²) in [4.78, 5) is 27.0. The van der Waals surface area contributed by atoms with Crippen LogP contribution in [0.25, 0.3) is 0 Å². The van der Waals surface area contributed by atoms with Crippen LogP contribution in [0.5, 0.6) is 11.5 Å². The highest BCUT2D eigenvalue weighted by atomic mass is 16.5. The topological polar surface area (TPSA) is 67.9 Å². The zero-order valence-electron chi connectivity index (χ0n) is 19.6. The Morgan fingerprint density at radius 2 is 1.70 bits per heavy atom. The number of unbranched alkanes of at least 4 members (excludes halogenated alkanes) is 4. The molecule has 0 aromatic heterocycles. The van der Waals surface area contributed by atoms with Crippen molar-refractivity contribution in [3.05, 3.63) is 23.8 Å². The van der Waals surface area contributed by atoms with Crippen LogP contribution >= 0.6 is 0 Å². The molecule has 0 heterocycles. The third-order valence-corrected chi connectivity index (χ3v) is 5.32. The van der Waals surface area contributed by atoms with E-state index in [0.717, 1.165) is 24.8 Å². The average molecular weight is 421 g/mol. The normalized spacial score (nSPS) is 11.8. The van der Waals surface area contributed by atoms with Crippen LogP contribution in [0.1, 0.15) is 64.9 Å². The summed E-state index contributed by atoms with van der Waals surface area (Å²) in [5.41, 5.74) is 1.06. The summed E-state index contributed by atoms with van der Waals surface area (Å²) in [6.45, 7) is 6.66. The van der Waals surface area contributed by atoms with Crippen molar-refractivity contribution in [2.45, 2.75) is 71.8 Å². The van der Waals surface area contributed by atoms with Gasteiger partial charge >= 0.3 is 0 Å². The lowest BCUT2D eigenvalue weighted by atomic mass is 10.0. The largest absolute Gasteiger partial charge is 0.493 e. The highest BCUT2D eigenvalue weighted by molar-refractivity contribution is 5.87. The fourth-order valence-electron chi connectivity index (χ4n) is 3.33. The van der Waals surface area contributed by atoms with Crippen molar-refractivity contribution in [2.24, 2.45) is 5.92 Å². The molecule has 0 saturated heterocycles. The molecule has 0 radical (unpaired) electrons. The van der Waals surface area contributed by atoms with Crippen LogP contribution in [0.3, 0.4) is 0 Å². The van der Waals surface area contributed by atoms with Crippen LogP contribution in [0.15, 0.2) is 18.2 Å². The van der Waals surface area contributed by atoms with Gasteiger partial charge < -0.3 is 19.7 Å². The van der Waals surface area contributed by atoms with Crippen LogP contribution in [-0.2, 0) is 16.0 Å². The van der Waals surface area contributed by atoms with Gasteiger partial charge in [-0.1, -0.05) is 52.5 Å². The monoisotopic (exact) mass is 420 g/mol. The molecule has 1 N–H and O–H groups in total.